The molecule has 0 aliphatic carbocycles. The molecule has 1 aromatic rings. The van der Waals surface area contributed by atoms with Crippen LogP contribution in [-0.2, 0) is 5.41 Å². The minimum Gasteiger partial charge on any atom is -0.336 e. The zero-order valence-electron chi connectivity index (χ0n) is 9.19. The molecule has 6 heteroatoms. The molecule has 0 atom stereocenters. The summed E-state index contributed by atoms with van der Waals surface area (Å²) < 4.78 is 1.50. The van der Waals surface area contributed by atoms with Gasteiger partial charge in [-0.2, -0.15) is 5.26 Å². The number of nitrogens with zero attached hydrogens (tertiary/aromatic N) is 4. The number of nitrogens with two attached hydrogens (primary N) is 1. The van der Waals surface area contributed by atoms with E-state index >= 15 is 0 Å². The van der Waals surface area contributed by atoms with Crippen molar-refractivity contribution in [2.24, 2.45) is 0 Å². The van der Waals surface area contributed by atoms with Crippen LogP contribution in [0.2, 0.25) is 0 Å². The zero-order valence-corrected chi connectivity index (χ0v) is 10.0. The summed E-state index contributed by atoms with van der Waals surface area (Å²) in [6.07, 6.45) is 0.488. The van der Waals surface area contributed by atoms with E-state index in [0.717, 1.165) is 5.82 Å². The maximum Gasteiger partial charge on any atom is 0.209 e. The highest BCUT2D eigenvalue weighted by atomic mass is 32.2. The lowest BCUT2D eigenvalue weighted by atomic mass is 9.96. The molecule has 0 spiro atoms. The Kier molecular flexibility index (Phi) is 3.58. The highest BCUT2D eigenvalue weighted by Crippen LogP contribution is 2.23. The fourth-order valence-electron chi connectivity index (χ4n) is 1.07. The van der Waals surface area contributed by atoms with Gasteiger partial charge in [0.1, 0.15) is 0 Å². The van der Waals surface area contributed by atoms with Crippen LogP contribution in [0.5, 0.6) is 0 Å². The van der Waals surface area contributed by atoms with Gasteiger partial charge >= 0.3 is 0 Å². The fourth-order valence-corrected chi connectivity index (χ4v) is 1.77. The molecule has 1 rings (SSSR count). The van der Waals surface area contributed by atoms with Gasteiger partial charge in [0.15, 0.2) is 5.82 Å². The van der Waals surface area contributed by atoms with Crippen molar-refractivity contribution in [3.05, 3.63) is 5.82 Å². The van der Waals surface area contributed by atoms with E-state index in [0.29, 0.717) is 17.3 Å². The lowest BCUT2D eigenvalue weighted by molar-refractivity contribution is 0.523. The second-order valence-corrected chi connectivity index (χ2v) is 5.24. The van der Waals surface area contributed by atoms with Crippen LogP contribution in [0.3, 0.4) is 0 Å². The van der Waals surface area contributed by atoms with E-state index in [1.165, 1.54) is 16.4 Å². The van der Waals surface area contributed by atoms with Gasteiger partial charge in [0, 0.05) is 17.6 Å². The van der Waals surface area contributed by atoms with Crippen molar-refractivity contribution < 1.29 is 0 Å². The van der Waals surface area contributed by atoms with Gasteiger partial charge in [0.05, 0.1) is 6.07 Å². The van der Waals surface area contributed by atoms with Crippen LogP contribution in [-0.4, -0.2) is 20.6 Å². The van der Waals surface area contributed by atoms with E-state index < -0.39 is 0 Å². The van der Waals surface area contributed by atoms with Gasteiger partial charge in [0.2, 0.25) is 5.16 Å². The SMILES string of the molecule is CC(C)(C)c1nnc(SCCC#N)n1N. The molecule has 1 aromatic heterocycles. The van der Waals surface area contributed by atoms with Crippen molar-refractivity contribution in [3.8, 4) is 6.07 Å². The molecule has 0 aromatic carbocycles. The first-order valence-corrected chi connectivity index (χ1v) is 5.66. The molecule has 1 heterocycles. The maximum atomic E-state index is 8.41. The number of hydrogen-bond donors (Lipinski definition) is 1. The second-order valence-electron chi connectivity index (χ2n) is 4.18. The van der Waals surface area contributed by atoms with Crippen LogP contribution in [0.15, 0.2) is 5.16 Å². The molecule has 0 amide bonds. The summed E-state index contributed by atoms with van der Waals surface area (Å²) in [4.78, 5) is 0. The van der Waals surface area contributed by atoms with Crippen molar-refractivity contribution in [2.45, 2.75) is 37.8 Å². The van der Waals surface area contributed by atoms with Gasteiger partial charge < -0.3 is 5.84 Å². The van der Waals surface area contributed by atoms with E-state index in [-0.39, 0.29) is 5.41 Å². The fraction of sp³-hybridized carbons (Fsp3) is 0.667. The Labute approximate surface area is 93.6 Å². The number of thioether (sulfide) groups is 1. The lowest BCUT2D eigenvalue weighted by Crippen LogP contribution is -2.24. The van der Waals surface area contributed by atoms with Crippen LogP contribution < -0.4 is 5.84 Å². The molecule has 2 N–H and O–H groups in total. The molecule has 5 nitrogen and oxygen atoms in total. The highest BCUT2D eigenvalue weighted by molar-refractivity contribution is 7.99. The number of hydrogen-bond acceptors (Lipinski definition) is 5. The summed E-state index contributed by atoms with van der Waals surface area (Å²) in [5.41, 5.74) is -0.115. The third-order valence-electron chi connectivity index (χ3n) is 1.78. The summed E-state index contributed by atoms with van der Waals surface area (Å²) in [5, 5.41) is 17.1. The Morgan fingerprint density at radius 3 is 2.60 bits per heavy atom. The van der Waals surface area contributed by atoms with Crippen LogP contribution in [0.1, 0.15) is 33.0 Å². The monoisotopic (exact) mass is 225 g/mol. The van der Waals surface area contributed by atoms with Crippen molar-refractivity contribution in [2.75, 3.05) is 11.6 Å². The topological polar surface area (TPSA) is 80.5 Å². The quantitative estimate of drug-likeness (QED) is 0.476. The molecule has 82 valence electrons. The number of rotatable bonds is 3. The summed E-state index contributed by atoms with van der Waals surface area (Å²) in [7, 11) is 0. The standard InChI is InChI=1S/C9H15N5S/c1-9(2,3)7-12-13-8(14(7)11)15-6-4-5-10/h4,6,11H2,1-3H3. The summed E-state index contributed by atoms with van der Waals surface area (Å²) in [6, 6.07) is 2.08. The summed E-state index contributed by atoms with van der Waals surface area (Å²) in [5.74, 6) is 7.30. The second kappa shape index (κ2) is 4.53. The third kappa shape index (κ3) is 2.86. The minimum absolute atomic E-state index is 0.115. The average molecular weight is 225 g/mol. The Bertz CT molecular complexity index is 371. The van der Waals surface area contributed by atoms with E-state index in [9.17, 15) is 0 Å². The number of nitriles is 1. The number of aromatic nitrogens is 3. The molecule has 0 bridgehead atoms. The Morgan fingerprint density at radius 2 is 2.13 bits per heavy atom. The van der Waals surface area contributed by atoms with Gasteiger partial charge in [-0.25, -0.2) is 4.68 Å². The first-order chi connectivity index (χ1) is 6.96. The van der Waals surface area contributed by atoms with E-state index in [1.807, 2.05) is 20.8 Å². The van der Waals surface area contributed by atoms with Gasteiger partial charge in [0.25, 0.3) is 0 Å². The van der Waals surface area contributed by atoms with Crippen LogP contribution in [0, 0.1) is 11.3 Å². The highest BCUT2D eigenvalue weighted by Gasteiger charge is 2.22. The lowest BCUT2D eigenvalue weighted by Gasteiger charge is -2.16. The maximum absolute atomic E-state index is 8.41. The Morgan fingerprint density at radius 1 is 1.47 bits per heavy atom. The van der Waals surface area contributed by atoms with Gasteiger partial charge in [-0.05, 0) is 0 Å². The first kappa shape index (κ1) is 11.9. The normalized spacial score (nSPS) is 11.3. The molecule has 0 aliphatic heterocycles. The van der Waals surface area contributed by atoms with Gasteiger partial charge in [-0.3, -0.25) is 0 Å². The third-order valence-corrected chi connectivity index (χ3v) is 2.73. The molecule has 15 heavy (non-hydrogen) atoms. The first-order valence-electron chi connectivity index (χ1n) is 4.67. The molecular weight excluding hydrogens is 210 g/mol. The van der Waals surface area contributed by atoms with Gasteiger partial charge in [-0.1, -0.05) is 32.5 Å². The molecule has 0 saturated carbocycles. The molecule has 0 unspecified atom stereocenters. The van der Waals surface area contributed by atoms with E-state index in [1.54, 1.807) is 0 Å². The molecule has 0 radical (unpaired) electrons. The minimum atomic E-state index is -0.115. The van der Waals surface area contributed by atoms with Crippen LogP contribution >= 0.6 is 11.8 Å². The molecule has 0 saturated heterocycles. The average Bonchev–Trinajstić information content (AvgIpc) is 2.47. The molecule has 0 fully saturated rings. The van der Waals surface area contributed by atoms with Crippen molar-refractivity contribution in [3.63, 3.8) is 0 Å². The zero-order chi connectivity index (χ0) is 11.5. The largest absolute Gasteiger partial charge is 0.336 e. The van der Waals surface area contributed by atoms with Gasteiger partial charge in [-0.15, -0.1) is 10.2 Å². The summed E-state index contributed by atoms with van der Waals surface area (Å²) >= 11 is 1.45. The predicted octanol–water partition coefficient (Wildman–Crippen LogP) is 1.30. The van der Waals surface area contributed by atoms with Crippen molar-refractivity contribution in [1.29, 1.82) is 5.26 Å². The number of nitrogen functional groups attached to an aromatic ring is 1. The summed E-state index contributed by atoms with van der Waals surface area (Å²) in [6.45, 7) is 6.10. The molecule has 0 aliphatic rings. The molecular formula is C9H15N5S. The van der Waals surface area contributed by atoms with Crippen molar-refractivity contribution >= 4 is 11.8 Å². The van der Waals surface area contributed by atoms with Crippen LogP contribution in [0.25, 0.3) is 0 Å². The smallest absolute Gasteiger partial charge is 0.209 e. The predicted molar refractivity (Wildman–Crippen MR) is 59.8 cm³/mol. The van der Waals surface area contributed by atoms with Crippen LogP contribution in [0.4, 0.5) is 0 Å². The van der Waals surface area contributed by atoms with E-state index in [4.69, 9.17) is 11.1 Å². The van der Waals surface area contributed by atoms with Crippen molar-refractivity contribution in [1.82, 2.24) is 14.9 Å². The Balaban J connectivity index is 2.77. The Hall–Kier alpha value is -1.22. The van der Waals surface area contributed by atoms with E-state index in [2.05, 4.69) is 16.3 Å².